The Bertz CT molecular complexity index is 1380. The highest BCUT2D eigenvalue weighted by atomic mass is 32.2. The maximum atomic E-state index is 13.5. The van der Waals surface area contributed by atoms with Gasteiger partial charge in [-0.25, -0.2) is 17.6 Å². The van der Waals surface area contributed by atoms with Gasteiger partial charge in [0, 0.05) is 18.7 Å². The molecule has 0 bridgehead atoms. The molecule has 0 aliphatic rings. The van der Waals surface area contributed by atoms with E-state index in [-0.39, 0.29) is 34.2 Å². The van der Waals surface area contributed by atoms with E-state index in [1.54, 1.807) is 12.1 Å². The Morgan fingerprint density at radius 1 is 0.919 bits per heavy atom. The van der Waals surface area contributed by atoms with Crippen LogP contribution < -0.4 is 14.8 Å². The molecule has 1 amide bonds. The van der Waals surface area contributed by atoms with Crippen LogP contribution in [-0.4, -0.2) is 52.5 Å². The number of nitrogens with one attached hydrogen (secondary N) is 1. The van der Waals surface area contributed by atoms with E-state index in [4.69, 9.17) is 14.2 Å². The number of anilines is 1. The van der Waals surface area contributed by atoms with E-state index in [2.05, 4.69) is 5.32 Å². The SMILES string of the molecule is COC(=O)c1cc(OC)c(OC)cc1NC(=O)CN(Cc1ccc(F)cc1)S(=O)(=O)c1ccc(C)cc1. The smallest absolute Gasteiger partial charge is 0.340 e. The number of halogens is 1. The molecule has 3 rings (SSSR count). The van der Waals surface area contributed by atoms with Crippen LogP contribution in [0.15, 0.2) is 65.6 Å². The lowest BCUT2D eigenvalue weighted by Crippen LogP contribution is -2.37. The fourth-order valence-electron chi connectivity index (χ4n) is 3.49. The summed E-state index contributed by atoms with van der Waals surface area (Å²) in [5.74, 6) is -1.47. The number of sulfonamides is 1. The Kier molecular flexibility index (Phi) is 8.85. The summed E-state index contributed by atoms with van der Waals surface area (Å²) in [6, 6.07) is 14.2. The first kappa shape index (κ1) is 27.6. The van der Waals surface area contributed by atoms with Gasteiger partial charge >= 0.3 is 5.97 Å². The maximum Gasteiger partial charge on any atom is 0.340 e. The highest BCUT2D eigenvalue weighted by Gasteiger charge is 2.28. The number of methoxy groups -OCH3 is 3. The third-order valence-electron chi connectivity index (χ3n) is 5.45. The first-order valence-corrected chi connectivity index (χ1v) is 12.5. The third-order valence-corrected chi connectivity index (χ3v) is 7.26. The molecule has 9 nitrogen and oxygen atoms in total. The van der Waals surface area contributed by atoms with Gasteiger partial charge in [0.05, 0.1) is 44.0 Å². The topological polar surface area (TPSA) is 111 Å². The van der Waals surface area contributed by atoms with Crippen LogP contribution in [-0.2, 0) is 26.1 Å². The Hall–Kier alpha value is -3.96. The Balaban J connectivity index is 1.96. The van der Waals surface area contributed by atoms with Crippen LogP contribution in [0.1, 0.15) is 21.5 Å². The molecule has 0 spiro atoms. The van der Waals surface area contributed by atoms with Gasteiger partial charge in [0.25, 0.3) is 0 Å². The Labute approximate surface area is 214 Å². The molecule has 0 heterocycles. The first-order chi connectivity index (χ1) is 17.6. The van der Waals surface area contributed by atoms with Gasteiger partial charge in [-0.2, -0.15) is 4.31 Å². The molecule has 0 fully saturated rings. The molecule has 196 valence electrons. The minimum absolute atomic E-state index is 0.00521. The standard InChI is InChI=1S/C26H27FN2O7S/c1-17-5-11-20(12-6-17)37(32,33)29(15-18-7-9-19(27)10-8-18)16-25(30)28-22-14-24(35-3)23(34-2)13-21(22)26(31)36-4/h5-14H,15-16H2,1-4H3,(H,28,30). The van der Waals surface area contributed by atoms with Gasteiger partial charge in [-0.3, -0.25) is 4.79 Å². The fourth-order valence-corrected chi connectivity index (χ4v) is 4.87. The van der Waals surface area contributed by atoms with Crippen molar-refractivity contribution in [2.24, 2.45) is 0 Å². The zero-order chi connectivity index (χ0) is 27.2. The van der Waals surface area contributed by atoms with Crippen molar-refractivity contribution in [2.45, 2.75) is 18.4 Å². The normalized spacial score (nSPS) is 11.2. The molecule has 1 N–H and O–H groups in total. The summed E-state index contributed by atoms with van der Waals surface area (Å²) in [6.07, 6.45) is 0. The molecule has 0 aromatic heterocycles. The largest absolute Gasteiger partial charge is 0.493 e. The number of esters is 1. The molecule has 0 radical (unpaired) electrons. The zero-order valence-electron chi connectivity index (χ0n) is 20.8. The molecule has 0 unspecified atom stereocenters. The average molecular weight is 531 g/mol. The number of carbonyl (C=O) groups is 2. The Morgan fingerprint density at radius 3 is 2.08 bits per heavy atom. The number of ether oxygens (including phenoxy) is 3. The van der Waals surface area contributed by atoms with Crippen molar-refractivity contribution in [3.63, 3.8) is 0 Å². The lowest BCUT2D eigenvalue weighted by molar-refractivity contribution is -0.116. The molecule has 0 aliphatic carbocycles. The first-order valence-electron chi connectivity index (χ1n) is 11.0. The monoisotopic (exact) mass is 530 g/mol. The van der Waals surface area contributed by atoms with Crippen LogP contribution in [0.2, 0.25) is 0 Å². The molecule has 37 heavy (non-hydrogen) atoms. The number of carbonyl (C=O) groups excluding carboxylic acids is 2. The molecule has 0 saturated carbocycles. The molecule has 3 aromatic carbocycles. The van der Waals surface area contributed by atoms with Gasteiger partial charge in [-0.05, 0) is 36.8 Å². The number of rotatable bonds is 10. The summed E-state index contributed by atoms with van der Waals surface area (Å²) >= 11 is 0. The van der Waals surface area contributed by atoms with E-state index in [0.29, 0.717) is 5.56 Å². The van der Waals surface area contributed by atoms with Crippen molar-refractivity contribution in [1.82, 2.24) is 4.31 Å². The van der Waals surface area contributed by atoms with E-state index in [1.807, 2.05) is 6.92 Å². The second kappa shape index (κ2) is 11.8. The highest BCUT2D eigenvalue weighted by Crippen LogP contribution is 2.34. The second-order valence-electron chi connectivity index (χ2n) is 8.01. The van der Waals surface area contributed by atoms with Gasteiger partial charge in [0.1, 0.15) is 5.82 Å². The summed E-state index contributed by atoms with van der Waals surface area (Å²) in [6.45, 7) is 1.03. The van der Waals surface area contributed by atoms with E-state index in [0.717, 1.165) is 9.87 Å². The Morgan fingerprint density at radius 2 is 1.51 bits per heavy atom. The molecule has 0 saturated heterocycles. The van der Waals surface area contributed by atoms with Crippen molar-refractivity contribution in [3.05, 3.63) is 83.2 Å². The van der Waals surface area contributed by atoms with Crippen molar-refractivity contribution in [3.8, 4) is 11.5 Å². The minimum atomic E-state index is -4.13. The van der Waals surface area contributed by atoms with Gasteiger partial charge in [0.2, 0.25) is 15.9 Å². The van der Waals surface area contributed by atoms with E-state index < -0.39 is 34.3 Å². The summed E-state index contributed by atoms with van der Waals surface area (Å²) < 4.78 is 56.6. The predicted molar refractivity (Wildman–Crippen MR) is 135 cm³/mol. The molecule has 0 atom stereocenters. The number of hydrogen-bond acceptors (Lipinski definition) is 7. The fraction of sp³-hybridized carbons (Fsp3) is 0.231. The molecule has 11 heteroatoms. The lowest BCUT2D eigenvalue weighted by Gasteiger charge is -2.22. The van der Waals surface area contributed by atoms with Crippen LogP contribution in [0.4, 0.5) is 10.1 Å². The van der Waals surface area contributed by atoms with Crippen LogP contribution in [0.5, 0.6) is 11.5 Å². The summed E-state index contributed by atoms with van der Waals surface area (Å²) in [5, 5.41) is 2.57. The van der Waals surface area contributed by atoms with Crippen molar-refractivity contribution < 1.29 is 36.6 Å². The lowest BCUT2D eigenvalue weighted by atomic mass is 10.1. The van der Waals surface area contributed by atoms with Crippen molar-refractivity contribution in [2.75, 3.05) is 33.2 Å². The molecule has 3 aromatic rings. The summed E-state index contributed by atoms with van der Waals surface area (Å²) in [7, 11) is -0.164. The van der Waals surface area contributed by atoms with E-state index in [9.17, 15) is 22.4 Å². The van der Waals surface area contributed by atoms with Crippen molar-refractivity contribution >= 4 is 27.6 Å². The average Bonchev–Trinajstić information content (AvgIpc) is 2.89. The maximum absolute atomic E-state index is 13.5. The van der Waals surface area contributed by atoms with Crippen LogP contribution in [0, 0.1) is 12.7 Å². The van der Waals surface area contributed by atoms with E-state index in [1.165, 1.54) is 69.9 Å². The van der Waals surface area contributed by atoms with E-state index >= 15 is 0 Å². The predicted octanol–water partition coefficient (Wildman–Crippen LogP) is 3.77. The van der Waals surface area contributed by atoms with Gasteiger partial charge < -0.3 is 19.5 Å². The summed E-state index contributed by atoms with van der Waals surface area (Å²) in [4.78, 5) is 25.4. The van der Waals surface area contributed by atoms with Gasteiger partial charge in [-0.1, -0.05) is 29.8 Å². The number of aryl methyl sites for hydroxylation is 1. The van der Waals surface area contributed by atoms with Crippen LogP contribution in [0.3, 0.4) is 0 Å². The zero-order valence-corrected chi connectivity index (χ0v) is 21.6. The minimum Gasteiger partial charge on any atom is -0.493 e. The quantitative estimate of drug-likeness (QED) is 0.397. The number of hydrogen-bond donors (Lipinski definition) is 1. The number of nitrogens with zero attached hydrogens (tertiary/aromatic N) is 1. The second-order valence-corrected chi connectivity index (χ2v) is 9.94. The van der Waals surface area contributed by atoms with Crippen molar-refractivity contribution in [1.29, 1.82) is 0 Å². The third kappa shape index (κ3) is 6.63. The summed E-state index contributed by atoms with van der Waals surface area (Å²) in [5.41, 5.74) is 1.38. The number of amides is 1. The van der Waals surface area contributed by atoms with Crippen LogP contribution >= 0.6 is 0 Å². The van der Waals surface area contributed by atoms with Crippen LogP contribution in [0.25, 0.3) is 0 Å². The number of benzene rings is 3. The molecular formula is C26H27FN2O7S. The van der Waals surface area contributed by atoms with Gasteiger partial charge in [-0.15, -0.1) is 0 Å². The molecule has 0 aliphatic heterocycles. The highest BCUT2D eigenvalue weighted by molar-refractivity contribution is 7.89. The van der Waals surface area contributed by atoms with Gasteiger partial charge in [0.15, 0.2) is 11.5 Å². The molecular weight excluding hydrogens is 503 g/mol.